The molecule has 24 heavy (non-hydrogen) atoms. The zero-order valence-electron chi connectivity index (χ0n) is 13.5. The summed E-state index contributed by atoms with van der Waals surface area (Å²) in [5.74, 6) is 1.89. The molecule has 1 aromatic heterocycles. The van der Waals surface area contributed by atoms with E-state index in [4.69, 9.17) is 4.74 Å². The lowest BCUT2D eigenvalue weighted by Gasteiger charge is -2.14. The Morgan fingerprint density at radius 2 is 2.12 bits per heavy atom. The Morgan fingerprint density at radius 1 is 1.42 bits per heavy atom. The second kappa shape index (κ2) is 7.57. The molecular weight excluding hydrogens is 392 g/mol. The lowest BCUT2D eigenvalue weighted by Crippen LogP contribution is -2.27. The third-order valence-corrected chi connectivity index (χ3v) is 5.18. The topological polar surface area (TPSA) is 69.0 Å². The molecular formula is C16H19BrN4O2S. The Morgan fingerprint density at radius 3 is 2.79 bits per heavy atom. The Labute approximate surface area is 153 Å². The minimum atomic E-state index is -0.238. The van der Waals surface area contributed by atoms with E-state index in [0.29, 0.717) is 17.0 Å². The van der Waals surface area contributed by atoms with Crippen LogP contribution in [0.5, 0.6) is 5.75 Å². The summed E-state index contributed by atoms with van der Waals surface area (Å²) in [7, 11) is 1.89. The fraction of sp³-hybridized carbons (Fsp3) is 0.438. The molecule has 1 aliphatic carbocycles. The molecule has 2 aromatic rings. The zero-order chi connectivity index (χ0) is 17.1. The lowest BCUT2D eigenvalue weighted by atomic mass is 10.3. The van der Waals surface area contributed by atoms with Gasteiger partial charge in [-0.05, 0) is 44.0 Å². The number of carbonyl (C=O) groups is 1. The van der Waals surface area contributed by atoms with Crippen LogP contribution in [-0.2, 0) is 11.8 Å². The maximum Gasteiger partial charge on any atom is 0.230 e. The molecule has 0 aliphatic heterocycles. The molecule has 6 nitrogen and oxygen atoms in total. The van der Waals surface area contributed by atoms with E-state index in [0.717, 1.165) is 28.9 Å². The van der Waals surface area contributed by atoms with Gasteiger partial charge in [0.1, 0.15) is 5.75 Å². The van der Waals surface area contributed by atoms with Crippen molar-refractivity contribution in [1.29, 1.82) is 0 Å². The molecule has 128 valence electrons. The van der Waals surface area contributed by atoms with Gasteiger partial charge in [0.2, 0.25) is 5.91 Å². The fourth-order valence-electron chi connectivity index (χ4n) is 2.20. The zero-order valence-corrected chi connectivity index (χ0v) is 15.9. The highest BCUT2D eigenvalue weighted by Gasteiger charge is 2.24. The third kappa shape index (κ3) is 4.51. The number of benzene rings is 1. The average molecular weight is 411 g/mol. The molecule has 0 bridgehead atoms. The van der Waals surface area contributed by atoms with Gasteiger partial charge in [-0.3, -0.25) is 4.79 Å². The van der Waals surface area contributed by atoms with E-state index >= 15 is 0 Å². The first-order valence-electron chi connectivity index (χ1n) is 7.76. The van der Waals surface area contributed by atoms with Crippen LogP contribution in [0.15, 0.2) is 33.9 Å². The van der Waals surface area contributed by atoms with Crippen LogP contribution in [0.25, 0.3) is 0 Å². The van der Waals surface area contributed by atoms with Crippen molar-refractivity contribution in [3.05, 3.63) is 34.6 Å². The average Bonchev–Trinajstić information content (AvgIpc) is 3.28. The predicted molar refractivity (Wildman–Crippen MR) is 96.1 cm³/mol. The molecule has 3 rings (SSSR count). The highest BCUT2D eigenvalue weighted by Crippen LogP contribution is 2.25. The number of nitrogens with one attached hydrogen (secondary N) is 1. The van der Waals surface area contributed by atoms with Crippen molar-refractivity contribution in [3.8, 4) is 5.75 Å². The Bertz CT molecular complexity index is 715. The van der Waals surface area contributed by atoms with Gasteiger partial charge >= 0.3 is 0 Å². The molecule has 0 spiro atoms. The van der Waals surface area contributed by atoms with Crippen LogP contribution >= 0.6 is 27.7 Å². The van der Waals surface area contributed by atoms with Crippen LogP contribution in [0.2, 0.25) is 0 Å². The number of rotatable bonds is 7. The lowest BCUT2D eigenvalue weighted by molar-refractivity contribution is -0.118. The number of carbonyl (C=O) groups excluding carboxylic acids is 1. The van der Waals surface area contributed by atoms with Gasteiger partial charge in [0.25, 0.3) is 0 Å². The van der Waals surface area contributed by atoms with Gasteiger partial charge in [-0.15, -0.1) is 10.2 Å². The second-order valence-corrected chi connectivity index (χ2v) is 7.60. The summed E-state index contributed by atoms with van der Waals surface area (Å²) in [5, 5.41) is 12.0. The summed E-state index contributed by atoms with van der Waals surface area (Å²) in [5.41, 5.74) is 0. The van der Waals surface area contributed by atoms with E-state index in [9.17, 15) is 4.79 Å². The molecule has 1 saturated carbocycles. The van der Waals surface area contributed by atoms with E-state index in [1.54, 1.807) is 0 Å². The first-order chi connectivity index (χ1) is 11.5. The number of hydrogen-bond donors (Lipinski definition) is 1. The van der Waals surface area contributed by atoms with Gasteiger partial charge in [-0.1, -0.05) is 27.7 Å². The van der Waals surface area contributed by atoms with Gasteiger partial charge in [-0.2, -0.15) is 0 Å². The van der Waals surface area contributed by atoms with Crippen molar-refractivity contribution < 1.29 is 9.53 Å². The van der Waals surface area contributed by atoms with Crippen LogP contribution in [-0.4, -0.2) is 32.5 Å². The summed E-state index contributed by atoms with van der Waals surface area (Å²) in [6, 6.07) is 8.04. The largest absolute Gasteiger partial charge is 0.483 e. The van der Waals surface area contributed by atoms with E-state index < -0.39 is 0 Å². The molecule has 1 amide bonds. The van der Waals surface area contributed by atoms with Crippen molar-refractivity contribution in [2.75, 3.05) is 5.75 Å². The maximum absolute atomic E-state index is 11.8. The third-order valence-electron chi connectivity index (χ3n) is 3.63. The SMILES string of the molecule is C[C@@H](Oc1ccc(Br)cc1)c1nnc(SCC(=O)NC2CC2)n1C. The first kappa shape index (κ1) is 17.3. The van der Waals surface area contributed by atoms with Crippen molar-refractivity contribution >= 4 is 33.6 Å². The van der Waals surface area contributed by atoms with Crippen molar-refractivity contribution in [1.82, 2.24) is 20.1 Å². The molecule has 0 unspecified atom stereocenters. The van der Waals surface area contributed by atoms with Crippen LogP contribution in [0.4, 0.5) is 0 Å². The fourth-order valence-corrected chi connectivity index (χ4v) is 3.20. The molecule has 8 heteroatoms. The van der Waals surface area contributed by atoms with Gasteiger partial charge in [0.15, 0.2) is 17.1 Å². The number of aromatic nitrogens is 3. The maximum atomic E-state index is 11.8. The first-order valence-corrected chi connectivity index (χ1v) is 9.54. The summed E-state index contributed by atoms with van der Waals surface area (Å²) in [4.78, 5) is 11.8. The summed E-state index contributed by atoms with van der Waals surface area (Å²) in [6.07, 6.45) is 1.95. The van der Waals surface area contributed by atoms with Crippen molar-refractivity contribution in [2.24, 2.45) is 7.05 Å². The molecule has 1 fully saturated rings. The van der Waals surface area contributed by atoms with Gasteiger partial charge in [0, 0.05) is 17.6 Å². The van der Waals surface area contributed by atoms with E-state index in [1.807, 2.05) is 42.8 Å². The van der Waals surface area contributed by atoms with Crippen LogP contribution in [0, 0.1) is 0 Å². The molecule has 1 aromatic carbocycles. The van der Waals surface area contributed by atoms with Gasteiger partial charge in [0.05, 0.1) is 5.75 Å². The monoisotopic (exact) mass is 410 g/mol. The second-order valence-electron chi connectivity index (χ2n) is 5.74. The smallest absolute Gasteiger partial charge is 0.230 e. The molecule has 1 N–H and O–H groups in total. The minimum absolute atomic E-state index is 0.0474. The summed E-state index contributed by atoms with van der Waals surface area (Å²) in [6.45, 7) is 1.93. The number of ether oxygens (including phenoxy) is 1. The van der Waals surface area contributed by atoms with Crippen LogP contribution < -0.4 is 10.1 Å². The quantitative estimate of drug-likeness (QED) is 0.710. The standard InChI is InChI=1S/C16H19BrN4O2S/c1-10(23-13-7-3-11(17)4-8-13)15-19-20-16(21(15)2)24-9-14(22)18-12-5-6-12/h3-4,7-8,10,12H,5-6,9H2,1-2H3,(H,18,22)/t10-/m1/s1. The molecule has 0 radical (unpaired) electrons. The molecule has 1 aliphatic rings. The van der Waals surface area contributed by atoms with E-state index in [2.05, 4.69) is 31.4 Å². The molecule has 1 heterocycles. The Hall–Kier alpha value is -1.54. The van der Waals surface area contributed by atoms with Crippen LogP contribution in [0.1, 0.15) is 31.7 Å². The van der Waals surface area contributed by atoms with Gasteiger partial charge in [-0.25, -0.2) is 0 Å². The number of nitrogens with zero attached hydrogens (tertiary/aromatic N) is 3. The van der Waals surface area contributed by atoms with Crippen LogP contribution in [0.3, 0.4) is 0 Å². The number of amides is 1. The van der Waals surface area contributed by atoms with Crippen molar-refractivity contribution in [3.63, 3.8) is 0 Å². The van der Waals surface area contributed by atoms with Gasteiger partial charge < -0.3 is 14.6 Å². The Balaban J connectivity index is 1.58. The normalized spacial score (nSPS) is 15.1. The Kier molecular flexibility index (Phi) is 5.45. The van der Waals surface area contributed by atoms with E-state index in [-0.39, 0.29) is 12.0 Å². The summed E-state index contributed by atoms with van der Waals surface area (Å²) >= 11 is 4.79. The summed E-state index contributed by atoms with van der Waals surface area (Å²) < 4.78 is 8.78. The highest BCUT2D eigenvalue weighted by atomic mass is 79.9. The predicted octanol–water partition coefficient (Wildman–Crippen LogP) is 3.09. The minimum Gasteiger partial charge on any atom is -0.483 e. The van der Waals surface area contributed by atoms with E-state index in [1.165, 1.54) is 11.8 Å². The molecule has 0 saturated heterocycles. The number of hydrogen-bond acceptors (Lipinski definition) is 5. The van der Waals surface area contributed by atoms with Crippen molar-refractivity contribution in [2.45, 2.75) is 37.1 Å². The highest BCUT2D eigenvalue weighted by molar-refractivity contribution is 9.10. The number of halogens is 1. The molecule has 1 atom stereocenters. The number of thioether (sulfide) groups is 1.